The normalized spacial score (nSPS) is 40.1. The SMILES string of the molecule is [2H]C([2H])([2H])C(Nc1ncc(C(N)=O)c(NC2CCC([2H])(C)C([2H])(O)C2)n1)(C([2H])([2H])[2H])C([2H])([2H])[2H]. The molecule has 7 nitrogen and oxygen atoms in total. The molecule has 0 saturated heterocycles. The molecule has 1 aliphatic rings. The van der Waals surface area contributed by atoms with E-state index < -0.39 is 56.0 Å². The van der Waals surface area contributed by atoms with Crippen LogP contribution in [0.15, 0.2) is 6.20 Å². The van der Waals surface area contributed by atoms with E-state index in [1.807, 2.05) is 5.32 Å². The Labute approximate surface area is 152 Å². The minimum Gasteiger partial charge on any atom is -0.393 e. The number of aromatic nitrogens is 2. The van der Waals surface area contributed by atoms with Crippen LogP contribution in [-0.4, -0.2) is 38.6 Å². The van der Waals surface area contributed by atoms with Gasteiger partial charge >= 0.3 is 0 Å². The number of carbonyl (C=O) groups excluding carboxylic acids is 1. The smallest absolute Gasteiger partial charge is 0.254 e. The van der Waals surface area contributed by atoms with E-state index in [4.69, 9.17) is 20.8 Å². The zero-order chi connectivity index (χ0) is 26.5. The first-order valence-electron chi connectivity index (χ1n) is 12.5. The molecule has 3 atom stereocenters. The number of anilines is 2. The minimum absolute atomic E-state index is 0.118. The Balaban J connectivity index is 2.53. The van der Waals surface area contributed by atoms with Crippen LogP contribution in [0.25, 0.3) is 0 Å². The zero-order valence-electron chi connectivity index (χ0n) is 23.6. The highest BCUT2D eigenvalue weighted by Crippen LogP contribution is 2.27. The summed E-state index contributed by atoms with van der Waals surface area (Å²) in [5.74, 6) is -3.44. The van der Waals surface area contributed by atoms with Crippen molar-refractivity contribution in [1.82, 2.24) is 9.97 Å². The van der Waals surface area contributed by atoms with Crippen molar-refractivity contribution in [2.75, 3.05) is 10.6 Å². The fourth-order valence-electron chi connectivity index (χ4n) is 2.26. The maximum Gasteiger partial charge on any atom is 0.254 e. The Morgan fingerprint density at radius 2 is 2.26 bits per heavy atom. The van der Waals surface area contributed by atoms with Crippen molar-refractivity contribution in [3.63, 3.8) is 0 Å². The average molecular weight is 332 g/mol. The lowest BCUT2D eigenvalue weighted by molar-refractivity contribution is 0.0739. The molecule has 0 radical (unpaired) electrons. The van der Waals surface area contributed by atoms with Gasteiger partial charge < -0.3 is 21.5 Å². The number of nitrogens with two attached hydrogens (primary N) is 1. The van der Waals surface area contributed by atoms with Crippen molar-refractivity contribution in [3.05, 3.63) is 11.8 Å². The van der Waals surface area contributed by atoms with Crippen molar-refractivity contribution in [2.45, 2.75) is 64.4 Å². The molecule has 1 aromatic rings. The van der Waals surface area contributed by atoms with Crippen LogP contribution in [0.3, 0.4) is 0 Å². The second-order valence-electron chi connectivity index (χ2n) is 5.51. The molecular formula is C16H27N5O2. The Morgan fingerprint density at radius 1 is 1.52 bits per heavy atom. The number of nitrogens with zero attached hydrogens (tertiary/aromatic N) is 2. The van der Waals surface area contributed by atoms with Gasteiger partial charge in [0.2, 0.25) is 5.95 Å². The fourth-order valence-corrected chi connectivity index (χ4v) is 2.26. The van der Waals surface area contributed by atoms with Gasteiger partial charge in [0, 0.05) is 31.5 Å². The summed E-state index contributed by atoms with van der Waals surface area (Å²) in [5, 5.41) is 15.1. The highest BCUT2D eigenvalue weighted by Gasteiger charge is 2.27. The van der Waals surface area contributed by atoms with E-state index in [2.05, 4.69) is 15.3 Å². The third kappa shape index (κ3) is 4.79. The number of carbonyl (C=O) groups is 1. The van der Waals surface area contributed by atoms with Crippen LogP contribution in [0, 0.1) is 5.89 Å². The number of nitrogens with one attached hydrogen (secondary N) is 2. The average Bonchev–Trinajstić information content (AvgIpc) is 2.59. The number of hydrogen-bond acceptors (Lipinski definition) is 6. The molecule has 1 aliphatic carbocycles. The Hall–Kier alpha value is -1.89. The Bertz CT molecular complexity index is 891. The topological polar surface area (TPSA) is 113 Å². The van der Waals surface area contributed by atoms with Crippen LogP contribution in [0.2, 0.25) is 0 Å². The summed E-state index contributed by atoms with van der Waals surface area (Å²) in [6.07, 6.45) is -1.10. The highest BCUT2D eigenvalue weighted by atomic mass is 16.3. The number of aliphatic hydroxyl groups is 1. The molecule has 23 heavy (non-hydrogen) atoms. The van der Waals surface area contributed by atoms with E-state index in [1.165, 1.54) is 6.92 Å². The van der Waals surface area contributed by atoms with Crippen molar-refractivity contribution in [3.8, 4) is 0 Å². The lowest BCUT2D eigenvalue weighted by Gasteiger charge is -2.32. The van der Waals surface area contributed by atoms with Gasteiger partial charge in [0.15, 0.2) is 0 Å². The molecule has 0 bridgehead atoms. The summed E-state index contributed by atoms with van der Waals surface area (Å²) in [5.41, 5.74) is 1.61. The molecule has 5 N–H and O–H groups in total. The summed E-state index contributed by atoms with van der Waals surface area (Å²) < 4.78 is 85.3. The maximum atomic E-state index is 11.9. The van der Waals surface area contributed by atoms with Crippen LogP contribution >= 0.6 is 0 Å². The Kier molecular flexibility index (Phi) is 2.27. The van der Waals surface area contributed by atoms with Crippen molar-refractivity contribution in [1.29, 1.82) is 0 Å². The molecule has 1 amide bonds. The molecule has 1 saturated carbocycles. The Morgan fingerprint density at radius 3 is 2.87 bits per heavy atom. The lowest BCUT2D eigenvalue weighted by atomic mass is 9.85. The highest BCUT2D eigenvalue weighted by molar-refractivity contribution is 5.97. The van der Waals surface area contributed by atoms with E-state index in [0.717, 1.165) is 6.20 Å². The first-order valence-corrected chi connectivity index (χ1v) is 7.00. The third-order valence-electron chi connectivity index (χ3n) is 3.49. The van der Waals surface area contributed by atoms with Gasteiger partial charge in [-0.25, -0.2) is 4.98 Å². The summed E-state index contributed by atoms with van der Waals surface area (Å²) in [7, 11) is 0. The van der Waals surface area contributed by atoms with Gasteiger partial charge in [0.05, 0.1) is 13.0 Å². The quantitative estimate of drug-likeness (QED) is 0.668. The predicted molar refractivity (Wildman–Crippen MR) is 90.4 cm³/mol. The van der Waals surface area contributed by atoms with Gasteiger partial charge in [0.25, 0.3) is 5.91 Å². The van der Waals surface area contributed by atoms with Crippen LogP contribution in [0.5, 0.6) is 0 Å². The summed E-state index contributed by atoms with van der Waals surface area (Å²) in [6.45, 7) is -9.28. The standard InChI is InChI=1S/C16H27N5O2/c1-9-5-6-10(7-12(9)22)19-14-11(13(17)23)8-18-15(20-14)21-16(2,3)4/h8-10,12,22H,5-7H2,1-4H3,(H2,17,23)(H2,18,19,20,21)/i2D3,3D3,4D3,9D,12D. The van der Waals surface area contributed by atoms with Gasteiger partial charge in [-0.2, -0.15) is 4.98 Å². The number of primary amides is 1. The van der Waals surface area contributed by atoms with Gasteiger partial charge in [-0.3, -0.25) is 4.79 Å². The molecule has 128 valence electrons. The predicted octanol–water partition coefficient (Wildman–Crippen LogP) is 1.75. The first kappa shape index (κ1) is 7.79. The molecular weight excluding hydrogens is 294 g/mol. The van der Waals surface area contributed by atoms with Gasteiger partial charge in [-0.1, -0.05) is 6.92 Å². The molecule has 1 heterocycles. The van der Waals surface area contributed by atoms with Crippen LogP contribution in [-0.2, 0) is 0 Å². The van der Waals surface area contributed by atoms with Crippen LogP contribution in [0.4, 0.5) is 11.8 Å². The van der Waals surface area contributed by atoms with Crippen LogP contribution < -0.4 is 16.4 Å². The third-order valence-corrected chi connectivity index (χ3v) is 3.49. The minimum atomic E-state index is -3.56. The summed E-state index contributed by atoms with van der Waals surface area (Å²) in [6, 6.07) is -0.667. The van der Waals surface area contributed by atoms with E-state index in [9.17, 15) is 9.90 Å². The van der Waals surface area contributed by atoms with Gasteiger partial charge in [-0.05, 0) is 45.7 Å². The van der Waals surface area contributed by atoms with Crippen molar-refractivity contribution >= 4 is 17.7 Å². The molecule has 2 rings (SSSR count). The van der Waals surface area contributed by atoms with E-state index in [0.29, 0.717) is 0 Å². The van der Waals surface area contributed by atoms with Crippen molar-refractivity contribution in [2.24, 2.45) is 11.6 Å². The summed E-state index contributed by atoms with van der Waals surface area (Å²) >= 11 is 0. The second kappa shape index (κ2) is 6.70. The molecule has 1 aromatic heterocycles. The van der Waals surface area contributed by atoms with Gasteiger partial charge in [-0.15, -0.1) is 0 Å². The number of amides is 1. The lowest BCUT2D eigenvalue weighted by Crippen LogP contribution is -2.36. The van der Waals surface area contributed by atoms with Crippen LogP contribution in [0.1, 0.15) is 72.2 Å². The molecule has 0 aromatic carbocycles. The molecule has 3 unspecified atom stereocenters. The molecule has 0 aliphatic heterocycles. The van der Waals surface area contributed by atoms with E-state index in [1.54, 1.807) is 0 Å². The summed E-state index contributed by atoms with van der Waals surface area (Å²) in [4.78, 5) is 19.5. The maximum absolute atomic E-state index is 11.9. The fraction of sp³-hybridized carbons (Fsp3) is 0.688. The number of rotatable bonds is 4. The molecule has 1 fully saturated rings. The van der Waals surface area contributed by atoms with E-state index >= 15 is 0 Å². The zero-order valence-corrected chi connectivity index (χ0v) is 12.6. The van der Waals surface area contributed by atoms with Gasteiger partial charge in [0.1, 0.15) is 5.82 Å². The monoisotopic (exact) mass is 332 g/mol. The number of hydrogen-bond donors (Lipinski definition) is 4. The first-order chi connectivity index (χ1) is 15.1. The molecule has 0 spiro atoms. The van der Waals surface area contributed by atoms with Crippen molar-refractivity contribution < 1.29 is 25.0 Å². The second-order valence-corrected chi connectivity index (χ2v) is 5.51. The van der Waals surface area contributed by atoms with E-state index in [-0.39, 0.29) is 30.6 Å². The largest absolute Gasteiger partial charge is 0.393 e. The molecule has 7 heteroatoms.